The minimum absolute atomic E-state index is 0.0775. The summed E-state index contributed by atoms with van der Waals surface area (Å²) in [5.41, 5.74) is 0.678. The van der Waals surface area contributed by atoms with Crippen molar-refractivity contribution in [1.82, 2.24) is 20.5 Å². The number of hydrogen-bond acceptors (Lipinski definition) is 6. The van der Waals surface area contributed by atoms with E-state index in [9.17, 15) is 19.2 Å². The minimum atomic E-state index is -1.27. The third-order valence-corrected chi connectivity index (χ3v) is 8.68. The molecule has 3 rings (SSSR count). The summed E-state index contributed by atoms with van der Waals surface area (Å²) >= 11 is 1.47. The second kappa shape index (κ2) is 16.3. The maximum absolute atomic E-state index is 14.1. The average Bonchev–Trinajstić information content (AvgIpc) is 3.54. The number of ketones is 1. The van der Waals surface area contributed by atoms with Gasteiger partial charge in [-0.05, 0) is 50.2 Å². The van der Waals surface area contributed by atoms with Crippen molar-refractivity contribution in [2.24, 2.45) is 11.3 Å². The van der Waals surface area contributed by atoms with E-state index in [1.54, 1.807) is 27.1 Å². The van der Waals surface area contributed by atoms with Crippen molar-refractivity contribution in [2.45, 2.75) is 84.8 Å². The van der Waals surface area contributed by atoms with Gasteiger partial charge in [0.2, 0.25) is 17.7 Å². The largest absolute Gasteiger partial charge is 0.345 e. The fraction of sp³-hybridized carbons (Fsp3) is 0.457. The summed E-state index contributed by atoms with van der Waals surface area (Å²) in [5.74, 6) is -1.27. The van der Waals surface area contributed by atoms with Crippen LogP contribution in [0.1, 0.15) is 76.1 Å². The Bertz CT molecular complexity index is 1360. The van der Waals surface area contributed by atoms with Gasteiger partial charge in [0.25, 0.3) is 0 Å². The molecule has 9 heteroatoms. The van der Waals surface area contributed by atoms with Crippen LogP contribution in [0.2, 0.25) is 0 Å². The Morgan fingerprint density at radius 2 is 1.50 bits per heavy atom. The summed E-state index contributed by atoms with van der Waals surface area (Å²) < 4.78 is 0. The highest BCUT2D eigenvalue weighted by Crippen LogP contribution is 2.24. The molecule has 0 saturated heterocycles. The first-order valence-corrected chi connectivity index (χ1v) is 16.2. The van der Waals surface area contributed by atoms with E-state index in [0.29, 0.717) is 19.3 Å². The molecular weight excluding hydrogens is 572 g/mol. The lowest BCUT2D eigenvalue weighted by molar-refractivity contribution is -0.146. The number of hydrogen-bond donors (Lipinski definition) is 2. The highest BCUT2D eigenvalue weighted by atomic mass is 32.1. The smallest absolute Gasteiger partial charge is 0.245 e. The number of aromatic nitrogens is 1. The molecule has 1 heterocycles. The van der Waals surface area contributed by atoms with E-state index in [1.165, 1.54) is 16.2 Å². The van der Waals surface area contributed by atoms with Crippen LogP contribution in [0.3, 0.4) is 0 Å². The van der Waals surface area contributed by atoms with Gasteiger partial charge < -0.3 is 15.5 Å². The molecule has 3 atom stereocenters. The van der Waals surface area contributed by atoms with Gasteiger partial charge in [0.1, 0.15) is 28.3 Å². The normalized spacial score (nSPS) is 13.5. The van der Waals surface area contributed by atoms with Crippen molar-refractivity contribution in [2.75, 3.05) is 7.05 Å². The van der Waals surface area contributed by atoms with Crippen molar-refractivity contribution in [3.8, 4) is 0 Å². The summed E-state index contributed by atoms with van der Waals surface area (Å²) in [6, 6.07) is 17.3. The molecule has 0 unspecified atom stereocenters. The van der Waals surface area contributed by atoms with Gasteiger partial charge in [0, 0.05) is 31.5 Å². The molecule has 236 valence electrons. The van der Waals surface area contributed by atoms with Crippen molar-refractivity contribution < 1.29 is 19.2 Å². The summed E-state index contributed by atoms with van der Waals surface area (Å²) in [6.45, 7) is 9.02. The monoisotopic (exact) mass is 618 g/mol. The molecule has 1 aromatic heterocycles. The molecule has 0 radical (unpaired) electrons. The van der Waals surface area contributed by atoms with Crippen LogP contribution in [-0.2, 0) is 32.0 Å². The van der Waals surface area contributed by atoms with Crippen molar-refractivity contribution >= 4 is 34.8 Å². The highest BCUT2D eigenvalue weighted by Gasteiger charge is 2.39. The number of nitrogens with zero attached hydrogens (tertiary/aromatic N) is 2. The first-order chi connectivity index (χ1) is 20.9. The molecule has 3 aromatic rings. The van der Waals surface area contributed by atoms with Gasteiger partial charge in [0.05, 0.1) is 6.04 Å². The Hall–Kier alpha value is -3.85. The Kier molecular flexibility index (Phi) is 12.8. The van der Waals surface area contributed by atoms with Crippen LogP contribution in [0.25, 0.3) is 0 Å². The lowest BCUT2D eigenvalue weighted by Crippen LogP contribution is -2.57. The van der Waals surface area contributed by atoms with E-state index in [1.807, 2.05) is 86.8 Å². The number of likely N-dealkylation sites (N-methyl/N-ethyl adjacent to an activating group) is 1. The van der Waals surface area contributed by atoms with Gasteiger partial charge in [-0.1, -0.05) is 81.4 Å². The van der Waals surface area contributed by atoms with Gasteiger partial charge in [-0.25, -0.2) is 4.98 Å². The first-order valence-electron chi connectivity index (χ1n) is 15.3. The van der Waals surface area contributed by atoms with Crippen molar-refractivity contribution in [3.63, 3.8) is 0 Å². The van der Waals surface area contributed by atoms with E-state index in [4.69, 9.17) is 0 Å². The molecule has 0 aliphatic rings. The van der Waals surface area contributed by atoms with Gasteiger partial charge >= 0.3 is 0 Å². The van der Waals surface area contributed by atoms with E-state index >= 15 is 0 Å². The van der Waals surface area contributed by atoms with E-state index in [-0.39, 0.29) is 42.4 Å². The van der Waals surface area contributed by atoms with Crippen LogP contribution in [-0.4, -0.2) is 52.5 Å². The summed E-state index contributed by atoms with van der Waals surface area (Å²) in [7, 11) is 1.61. The Balaban J connectivity index is 1.90. The van der Waals surface area contributed by atoms with Crippen molar-refractivity contribution in [1.29, 1.82) is 0 Å². The number of thiazole rings is 1. The molecule has 2 N–H and O–H groups in total. The average molecular weight is 619 g/mol. The predicted molar refractivity (Wildman–Crippen MR) is 175 cm³/mol. The van der Waals surface area contributed by atoms with Gasteiger partial charge in [0.15, 0.2) is 0 Å². The highest BCUT2D eigenvalue weighted by molar-refractivity contribution is 7.09. The first kappa shape index (κ1) is 34.6. The Morgan fingerprint density at radius 1 is 0.909 bits per heavy atom. The van der Waals surface area contributed by atoms with E-state index in [2.05, 4.69) is 15.6 Å². The second-order valence-corrected chi connectivity index (χ2v) is 13.2. The van der Waals surface area contributed by atoms with Crippen LogP contribution < -0.4 is 10.6 Å². The fourth-order valence-corrected chi connectivity index (χ4v) is 5.75. The zero-order valence-corrected chi connectivity index (χ0v) is 27.5. The summed E-state index contributed by atoms with van der Waals surface area (Å²) in [5, 5.41) is 8.71. The van der Waals surface area contributed by atoms with E-state index < -0.39 is 23.4 Å². The second-order valence-electron chi connectivity index (χ2n) is 12.2. The van der Waals surface area contributed by atoms with Crippen LogP contribution in [0, 0.1) is 11.3 Å². The van der Waals surface area contributed by atoms with Crippen LogP contribution in [0.5, 0.6) is 0 Å². The summed E-state index contributed by atoms with van der Waals surface area (Å²) in [6.07, 6.45) is 3.83. The standard InChI is InChI=1S/C35H46N4O4S/c1-7-14-30(40)35(4,5)34(43)38-28(21-24(2)3)33(42)39(6)29(23-26-17-12-9-13-18-26)31(41)37-27(32-36-19-20-44-32)22-25-15-10-8-11-16-25/h8-13,15-20,24,27-29H,7,14,21-23H2,1-6H3,(H,37,41)(H,38,43)/t27-,28-,29+/m0/s1. The number of amides is 3. The number of nitrogens with one attached hydrogen (secondary N) is 2. The zero-order chi connectivity index (χ0) is 32.3. The maximum Gasteiger partial charge on any atom is 0.245 e. The molecule has 0 fully saturated rings. The molecule has 0 saturated carbocycles. The van der Waals surface area contributed by atoms with Crippen molar-refractivity contribution in [3.05, 3.63) is 88.4 Å². The lowest BCUT2D eigenvalue weighted by Gasteiger charge is -2.33. The third kappa shape index (κ3) is 9.58. The van der Waals surface area contributed by atoms with E-state index in [0.717, 1.165) is 16.1 Å². The fourth-order valence-electron chi connectivity index (χ4n) is 5.06. The maximum atomic E-state index is 14.1. The lowest BCUT2D eigenvalue weighted by atomic mass is 9.84. The molecule has 44 heavy (non-hydrogen) atoms. The third-order valence-electron chi connectivity index (χ3n) is 7.79. The van der Waals surface area contributed by atoms with Gasteiger partial charge in [-0.2, -0.15) is 0 Å². The molecule has 0 bridgehead atoms. The summed E-state index contributed by atoms with van der Waals surface area (Å²) in [4.78, 5) is 60.2. The Morgan fingerprint density at radius 3 is 2.02 bits per heavy atom. The van der Waals surface area contributed by atoms with Crippen LogP contribution in [0.15, 0.2) is 72.2 Å². The Labute approximate surface area is 265 Å². The number of rotatable bonds is 16. The molecular formula is C35H46N4O4S. The number of carbonyl (C=O) groups excluding carboxylic acids is 4. The molecule has 0 aliphatic heterocycles. The molecule has 0 aliphatic carbocycles. The zero-order valence-electron chi connectivity index (χ0n) is 26.7. The molecule has 3 amide bonds. The number of carbonyl (C=O) groups is 4. The van der Waals surface area contributed by atoms with Gasteiger partial charge in [-0.3, -0.25) is 19.2 Å². The number of Topliss-reactive ketones (excluding diaryl/α,β-unsaturated/α-hetero) is 1. The topological polar surface area (TPSA) is 108 Å². The minimum Gasteiger partial charge on any atom is -0.345 e. The number of benzene rings is 2. The quantitative estimate of drug-likeness (QED) is 0.205. The molecule has 8 nitrogen and oxygen atoms in total. The molecule has 2 aromatic carbocycles. The van der Waals surface area contributed by atoms with Gasteiger partial charge in [-0.15, -0.1) is 11.3 Å². The van der Waals surface area contributed by atoms with Crippen LogP contribution in [0.4, 0.5) is 0 Å². The van der Waals surface area contributed by atoms with Crippen LogP contribution >= 0.6 is 11.3 Å². The molecule has 0 spiro atoms. The predicted octanol–water partition coefficient (Wildman–Crippen LogP) is 5.54. The SMILES string of the molecule is CCCC(=O)C(C)(C)C(=O)N[C@@H](CC(C)C)C(=O)N(C)[C@H](Cc1ccccc1)C(=O)N[C@@H](Cc1ccccc1)c1nccs1.